The highest BCUT2D eigenvalue weighted by Gasteiger charge is 2.40. The fraction of sp³-hybridized carbons (Fsp3) is 0.500. The summed E-state index contributed by atoms with van der Waals surface area (Å²) in [5, 5.41) is 11.5. The Morgan fingerprint density at radius 2 is 1.65 bits per heavy atom. The van der Waals surface area contributed by atoms with Crippen molar-refractivity contribution in [3.63, 3.8) is 0 Å². The Morgan fingerprint density at radius 1 is 1.13 bits per heavy atom. The highest BCUT2D eigenvalue weighted by molar-refractivity contribution is 6.30. The molecule has 1 amide bonds. The summed E-state index contributed by atoms with van der Waals surface area (Å²) in [7, 11) is 0. The third-order valence-electron chi connectivity index (χ3n) is 4.28. The zero-order valence-electron chi connectivity index (χ0n) is 12.5. The second-order valence-corrected chi connectivity index (χ2v) is 6.41. The van der Waals surface area contributed by atoms with Gasteiger partial charge in [-0.1, -0.05) is 37.3 Å². The second kappa shape index (κ2) is 7.25. The van der Waals surface area contributed by atoms with E-state index >= 15 is 0 Å². The molecular weight excluding hydrogens is 328 g/mol. The summed E-state index contributed by atoms with van der Waals surface area (Å²) in [6.07, 6.45) is 3.78. The van der Waals surface area contributed by atoms with E-state index in [2.05, 4.69) is 5.32 Å². The molecular formula is C16H18ClF2NO3. The maximum Gasteiger partial charge on any atom is 0.310 e. The fourth-order valence-corrected chi connectivity index (χ4v) is 3.22. The zero-order valence-corrected chi connectivity index (χ0v) is 13.3. The molecule has 0 atom stereocenters. The summed E-state index contributed by atoms with van der Waals surface area (Å²) in [5.74, 6) is -3.73. The third kappa shape index (κ3) is 4.19. The smallest absolute Gasteiger partial charge is 0.310 e. The van der Waals surface area contributed by atoms with Gasteiger partial charge in [-0.15, -0.1) is 0 Å². The molecule has 1 aromatic rings. The standard InChI is InChI=1S/C16H18ClF2NO3/c17-10-7-11(18)14(12(19)8-10)20-13(21)9-16(15(22)23)5-3-1-2-4-6-16/h7-8H,1-6,9H2,(H,20,21)(H,22,23). The topological polar surface area (TPSA) is 66.4 Å². The van der Waals surface area contributed by atoms with Crippen LogP contribution in [0.2, 0.25) is 5.02 Å². The van der Waals surface area contributed by atoms with Gasteiger partial charge < -0.3 is 10.4 Å². The van der Waals surface area contributed by atoms with Crippen molar-refractivity contribution in [2.24, 2.45) is 5.41 Å². The number of halogens is 3. The summed E-state index contributed by atoms with van der Waals surface area (Å²) >= 11 is 5.53. The monoisotopic (exact) mass is 345 g/mol. The SMILES string of the molecule is O=C(CC1(C(=O)O)CCCCCC1)Nc1c(F)cc(Cl)cc1F. The first-order chi connectivity index (χ1) is 10.8. The van der Waals surface area contributed by atoms with Crippen LogP contribution < -0.4 is 5.32 Å². The highest BCUT2D eigenvalue weighted by atomic mass is 35.5. The number of carboxylic acid groups (broad SMARTS) is 1. The van der Waals surface area contributed by atoms with Crippen LogP contribution >= 0.6 is 11.6 Å². The highest BCUT2D eigenvalue weighted by Crippen LogP contribution is 2.39. The molecule has 126 valence electrons. The Hall–Kier alpha value is -1.69. The van der Waals surface area contributed by atoms with E-state index in [0.29, 0.717) is 12.8 Å². The summed E-state index contributed by atoms with van der Waals surface area (Å²) in [6, 6.07) is 1.78. The molecule has 1 fully saturated rings. The fourth-order valence-electron chi connectivity index (χ4n) is 3.02. The Kier molecular flexibility index (Phi) is 5.57. The Balaban J connectivity index is 2.15. The van der Waals surface area contributed by atoms with Crippen LogP contribution in [0.5, 0.6) is 0 Å². The maximum atomic E-state index is 13.7. The van der Waals surface area contributed by atoms with E-state index in [-0.39, 0.29) is 11.4 Å². The van der Waals surface area contributed by atoms with Crippen molar-refractivity contribution in [3.05, 3.63) is 28.8 Å². The Bertz CT molecular complexity index is 590. The molecule has 0 spiro atoms. The first-order valence-electron chi connectivity index (χ1n) is 7.52. The van der Waals surface area contributed by atoms with Crippen molar-refractivity contribution in [1.82, 2.24) is 0 Å². The number of anilines is 1. The lowest BCUT2D eigenvalue weighted by Gasteiger charge is -2.27. The van der Waals surface area contributed by atoms with Gasteiger partial charge in [-0.05, 0) is 25.0 Å². The van der Waals surface area contributed by atoms with Crippen LogP contribution in [0.4, 0.5) is 14.5 Å². The number of benzene rings is 1. The van der Waals surface area contributed by atoms with E-state index in [4.69, 9.17) is 11.6 Å². The van der Waals surface area contributed by atoms with E-state index < -0.39 is 34.6 Å². The summed E-state index contributed by atoms with van der Waals surface area (Å²) in [5.41, 5.74) is -1.77. The lowest BCUT2D eigenvalue weighted by atomic mass is 9.77. The van der Waals surface area contributed by atoms with Gasteiger partial charge in [-0.3, -0.25) is 9.59 Å². The minimum atomic E-state index is -1.17. The molecule has 4 nitrogen and oxygen atoms in total. The minimum absolute atomic E-state index is 0.122. The molecule has 7 heteroatoms. The molecule has 0 bridgehead atoms. The molecule has 0 aromatic heterocycles. The predicted molar refractivity (Wildman–Crippen MR) is 82.4 cm³/mol. The predicted octanol–water partition coefficient (Wildman–Crippen LogP) is 4.37. The average Bonchev–Trinajstić information content (AvgIpc) is 2.69. The van der Waals surface area contributed by atoms with Crippen molar-refractivity contribution in [2.75, 3.05) is 5.32 Å². The van der Waals surface area contributed by atoms with Gasteiger partial charge in [0.2, 0.25) is 5.91 Å². The lowest BCUT2D eigenvalue weighted by molar-refractivity contribution is -0.152. The van der Waals surface area contributed by atoms with Gasteiger partial charge in [0, 0.05) is 11.4 Å². The number of hydrogen-bond acceptors (Lipinski definition) is 2. The number of carbonyl (C=O) groups excluding carboxylic acids is 1. The first kappa shape index (κ1) is 17.7. The van der Waals surface area contributed by atoms with Gasteiger partial charge in [0.25, 0.3) is 0 Å². The average molecular weight is 346 g/mol. The molecule has 0 heterocycles. The molecule has 0 unspecified atom stereocenters. The number of nitrogens with one attached hydrogen (secondary N) is 1. The molecule has 1 saturated carbocycles. The maximum absolute atomic E-state index is 13.7. The van der Waals surface area contributed by atoms with E-state index in [0.717, 1.165) is 37.8 Å². The quantitative estimate of drug-likeness (QED) is 0.796. The van der Waals surface area contributed by atoms with Crippen molar-refractivity contribution < 1.29 is 23.5 Å². The molecule has 0 saturated heterocycles. The van der Waals surface area contributed by atoms with Gasteiger partial charge in [0.1, 0.15) is 5.69 Å². The number of aliphatic carboxylic acids is 1. The Morgan fingerprint density at radius 3 is 2.13 bits per heavy atom. The van der Waals surface area contributed by atoms with Crippen LogP contribution in [0, 0.1) is 17.0 Å². The number of carboxylic acids is 1. The number of rotatable bonds is 4. The minimum Gasteiger partial charge on any atom is -0.481 e. The van der Waals surface area contributed by atoms with Crippen LogP contribution in [-0.4, -0.2) is 17.0 Å². The lowest BCUT2D eigenvalue weighted by Crippen LogP contribution is -2.35. The van der Waals surface area contributed by atoms with Gasteiger partial charge in [-0.25, -0.2) is 8.78 Å². The second-order valence-electron chi connectivity index (χ2n) is 5.97. The molecule has 0 radical (unpaired) electrons. The Labute approximate surface area is 137 Å². The number of hydrogen-bond donors (Lipinski definition) is 2. The van der Waals surface area contributed by atoms with Crippen LogP contribution in [-0.2, 0) is 9.59 Å². The first-order valence-corrected chi connectivity index (χ1v) is 7.90. The van der Waals surface area contributed by atoms with E-state index in [1.165, 1.54) is 0 Å². The molecule has 1 aromatic carbocycles. The van der Waals surface area contributed by atoms with Crippen molar-refractivity contribution in [3.8, 4) is 0 Å². The van der Waals surface area contributed by atoms with E-state index in [9.17, 15) is 23.5 Å². The third-order valence-corrected chi connectivity index (χ3v) is 4.50. The van der Waals surface area contributed by atoms with Crippen molar-refractivity contribution in [2.45, 2.75) is 44.9 Å². The van der Waals surface area contributed by atoms with Crippen molar-refractivity contribution in [1.29, 1.82) is 0 Å². The number of carbonyl (C=O) groups is 2. The summed E-state index contributed by atoms with van der Waals surface area (Å²) in [6.45, 7) is 0. The van der Waals surface area contributed by atoms with Crippen LogP contribution in [0.25, 0.3) is 0 Å². The molecule has 1 aliphatic carbocycles. The zero-order chi connectivity index (χ0) is 17.0. The van der Waals surface area contributed by atoms with E-state index in [1.807, 2.05) is 0 Å². The normalized spacial score (nSPS) is 17.3. The molecule has 1 aliphatic rings. The van der Waals surface area contributed by atoms with Crippen LogP contribution in [0.15, 0.2) is 12.1 Å². The van der Waals surface area contributed by atoms with E-state index in [1.54, 1.807) is 0 Å². The molecule has 0 aliphatic heterocycles. The molecule has 2 N–H and O–H groups in total. The number of amides is 1. The van der Waals surface area contributed by atoms with Crippen LogP contribution in [0.1, 0.15) is 44.9 Å². The molecule has 2 rings (SSSR count). The van der Waals surface area contributed by atoms with Gasteiger partial charge in [0.05, 0.1) is 5.41 Å². The van der Waals surface area contributed by atoms with Crippen molar-refractivity contribution >= 4 is 29.2 Å². The van der Waals surface area contributed by atoms with Gasteiger partial charge >= 0.3 is 5.97 Å². The molecule has 23 heavy (non-hydrogen) atoms. The van der Waals surface area contributed by atoms with Gasteiger partial charge in [0.15, 0.2) is 11.6 Å². The largest absolute Gasteiger partial charge is 0.481 e. The summed E-state index contributed by atoms with van der Waals surface area (Å²) < 4.78 is 27.4. The van der Waals surface area contributed by atoms with Crippen LogP contribution in [0.3, 0.4) is 0 Å². The van der Waals surface area contributed by atoms with Gasteiger partial charge in [-0.2, -0.15) is 0 Å². The summed E-state index contributed by atoms with van der Waals surface area (Å²) in [4.78, 5) is 23.8.